The van der Waals surface area contributed by atoms with Crippen LogP contribution in [0.25, 0.3) is 0 Å². The van der Waals surface area contributed by atoms with Crippen LogP contribution < -0.4 is 10.5 Å². The van der Waals surface area contributed by atoms with E-state index in [9.17, 15) is 5.11 Å². The molecule has 5 nitrogen and oxygen atoms in total. The van der Waals surface area contributed by atoms with E-state index in [1.807, 2.05) is 31.0 Å². The highest BCUT2D eigenvalue weighted by Crippen LogP contribution is 2.19. The zero-order valence-corrected chi connectivity index (χ0v) is 11.4. The Morgan fingerprint density at radius 1 is 1.47 bits per heavy atom. The highest BCUT2D eigenvalue weighted by Gasteiger charge is 2.14. The fourth-order valence-corrected chi connectivity index (χ4v) is 1.65. The average molecular weight is 263 g/mol. The average Bonchev–Trinajstić information content (AvgIpc) is 2.38. The zero-order valence-electron chi connectivity index (χ0n) is 11.4. The van der Waals surface area contributed by atoms with Crippen LogP contribution in [0.1, 0.15) is 13.3 Å². The number of nitrogen functional groups attached to an aromatic ring is 1. The van der Waals surface area contributed by atoms with E-state index in [1.54, 1.807) is 12.1 Å². The third-order valence-corrected chi connectivity index (χ3v) is 2.99. The van der Waals surface area contributed by atoms with Crippen LogP contribution in [-0.2, 0) is 0 Å². The van der Waals surface area contributed by atoms with Gasteiger partial charge in [0.1, 0.15) is 18.5 Å². The number of hydrogen-bond donors (Lipinski definition) is 2. The summed E-state index contributed by atoms with van der Waals surface area (Å²) >= 11 is 0. The van der Waals surface area contributed by atoms with E-state index in [-0.39, 0.29) is 12.6 Å². The van der Waals surface area contributed by atoms with Gasteiger partial charge in [0, 0.05) is 12.6 Å². The van der Waals surface area contributed by atoms with Gasteiger partial charge in [0.2, 0.25) is 0 Å². The van der Waals surface area contributed by atoms with Crippen LogP contribution in [0, 0.1) is 11.3 Å². The van der Waals surface area contributed by atoms with Crippen LogP contribution in [0.2, 0.25) is 0 Å². The second kappa shape index (κ2) is 7.62. The summed E-state index contributed by atoms with van der Waals surface area (Å²) in [6, 6.07) is 9.41. The van der Waals surface area contributed by atoms with Gasteiger partial charge in [-0.3, -0.25) is 4.90 Å². The minimum absolute atomic E-state index is 0.112. The largest absolute Gasteiger partial charge is 0.489 e. The summed E-state index contributed by atoms with van der Waals surface area (Å²) < 4.78 is 5.47. The lowest BCUT2D eigenvalue weighted by Gasteiger charge is -2.25. The molecule has 2 unspecified atom stereocenters. The van der Waals surface area contributed by atoms with Crippen LogP contribution in [0.3, 0.4) is 0 Å². The van der Waals surface area contributed by atoms with Crippen molar-refractivity contribution in [3.05, 3.63) is 24.3 Å². The quantitative estimate of drug-likeness (QED) is 0.723. The lowest BCUT2D eigenvalue weighted by atomic mass is 10.2. The molecule has 0 fully saturated rings. The molecule has 0 amide bonds. The molecule has 0 saturated heterocycles. The minimum Gasteiger partial charge on any atom is -0.489 e. The van der Waals surface area contributed by atoms with Gasteiger partial charge in [0.25, 0.3) is 0 Å². The predicted octanol–water partition coefficient (Wildman–Crippen LogP) is 1.24. The summed E-state index contributed by atoms with van der Waals surface area (Å²) in [5.41, 5.74) is 6.30. The zero-order chi connectivity index (χ0) is 14.3. The summed E-state index contributed by atoms with van der Waals surface area (Å²) in [5, 5.41) is 18.5. The summed E-state index contributed by atoms with van der Waals surface area (Å²) in [6.45, 7) is 2.58. The Bertz CT molecular complexity index is 431. The van der Waals surface area contributed by atoms with Crippen LogP contribution in [0.15, 0.2) is 24.3 Å². The molecule has 19 heavy (non-hydrogen) atoms. The summed E-state index contributed by atoms with van der Waals surface area (Å²) in [6.07, 6.45) is -0.179. The molecule has 3 N–H and O–H groups in total. The van der Waals surface area contributed by atoms with Gasteiger partial charge >= 0.3 is 0 Å². The molecule has 1 aromatic rings. The molecule has 0 aromatic heterocycles. The maximum Gasteiger partial charge on any atom is 0.142 e. The maximum absolute atomic E-state index is 9.90. The molecular weight excluding hydrogens is 242 g/mol. The lowest BCUT2D eigenvalue weighted by molar-refractivity contribution is 0.0663. The molecule has 1 aromatic carbocycles. The molecule has 0 radical (unpaired) electrons. The SMILES string of the molecule is CC(CC#N)N(C)CC(O)COc1ccccc1N. The summed E-state index contributed by atoms with van der Waals surface area (Å²) in [4.78, 5) is 1.94. The van der Waals surface area contributed by atoms with Gasteiger partial charge in [-0.2, -0.15) is 5.26 Å². The van der Waals surface area contributed by atoms with E-state index < -0.39 is 6.10 Å². The van der Waals surface area contributed by atoms with Crippen LogP contribution in [0.5, 0.6) is 5.75 Å². The van der Waals surface area contributed by atoms with Crippen molar-refractivity contribution in [2.24, 2.45) is 0 Å². The number of nitriles is 1. The van der Waals surface area contributed by atoms with Gasteiger partial charge in [-0.15, -0.1) is 0 Å². The third-order valence-electron chi connectivity index (χ3n) is 2.99. The topological polar surface area (TPSA) is 82.5 Å². The number of nitrogens with zero attached hydrogens (tertiary/aromatic N) is 2. The Morgan fingerprint density at radius 2 is 2.16 bits per heavy atom. The van der Waals surface area contributed by atoms with Gasteiger partial charge in [0.05, 0.1) is 18.2 Å². The normalized spacial score (nSPS) is 13.8. The van der Waals surface area contributed by atoms with E-state index >= 15 is 0 Å². The second-order valence-electron chi connectivity index (χ2n) is 4.65. The Labute approximate surface area is 114 Å². The van der Waals surface area contributed by atoms with Crippen molar-refractivity contribution in [3.63, 3.8) is 0 Å². The first kappa shape index (κ1) is 15.3. The number of aliphatic hydroxyl groups is 1. The van der Waals surface area contributed by atoms with Crippen LogP contribution in [-0.4, -0.2) is 42.4 Å². The van der Waals surface area contributed by atoms with Gasteiger partial charge in [-0.1, -0.05) is 12.1 Å². The Kier molecular flexibility index (Phi) is 6.13. The van der Waals surface area contributed by atoms with Gasteiger partial charge in [-0.05, 0) is 26.1 Å². The molecule has 0 aliphatic rings. The van der Waals surface area contributed by atoms with E-state index in [2.05, 4.69) is 6.07 Å². The minimum atomic E-state index is -0.620. The Morgan fingerprint density at radius 3 is 2.79 bits per heavy atom. The van der Waals surface area contributed by atoms with Crippen molar-refractivity contribution in [2.45, 2.75) is 25.5 Å². The molecule has 0 bridgehead atoms. The smallest absolute Gasteiger partial charge is 0.142 e. The number of anilines is 1. The molecular formula is C14H21N3O2. The molecule has 104 valence electrons. The molecule has 2 atom stereocenters. The first-order valence-corrected chi connectivity index (χ1v) is 6.27. The number of rotatable bonds is 7. The molecule has 0 saturated carbocycles. The monoisotopic (exact) mass is 263 g/mol. The summed E-state index contributed by atoms with van der Waals surface area (Å²) in [5.74, 6) is 0.578. The first-order chi connectivity index (χ1) is 9.04. The fourth-order valence-electron chi connectivity index (χ4n) is 1.65. The molecule has 0 aliphatic carbocycles. The molecule has 0 spiro atoms. The molecule has 0 heterocycles. The van der Waals surface area contributed by atoms with Gasteiger partial charge < -0.3 is 15.6 Å². The number of likely N-dealkylation sites (N-methyl/N-ethyl adjacent to an activating group) is 1. The molecule has 0 aliphatic heterocycles. The standard InChI is InChI=1S/C14H21N3O2/c1-11(7-8-15)17(2)9-12(18)10-19-14-6-4-3-5-13(14)16/h3-6,11-12,18H,7,9-10,16H2,1-2H3. The number of benzene rings is 1. The number of para-hydroxylation sites is 2. The molecule has 5 heteroatoms. The highest BCUT2D eigenvalue weighted by molar-refractivity contribution is 5.51. The first-order valence-electron chi connectivity index (χ1n) is 6.27. The fraction of sp³-hybridized carbons (Fsp3) is 0.500. The van der Waals surface area contributed by atoms with Gasteiger partial charge in [0.15, 0.2) is 0 Å². The van der Waals surface area contributed by atoms with Crippen molar-refractivity contribution < 1.29 is 9.84 Å². The number of hydrogen-bond acceptors (Lipinski definition) is 5. The van der Waals surface area contributed by atoms with Crippen LogP contribution in [0.4, 0.5) is 5.69 Å². The van der Waals surface area contributed by atoms with E-state index in [4.69, 9.17) is 15.7 Å². The Hall–Kier alpha value is -1.77. The van der Waals surface area contributed by atoms with E-state index in [0.29, 0.717) is 24.4 Å². The maximum atomic E-state index is 9.90. The van der Waals surface area contributed by atoms with Crippen LogP contribution >= 0.6 is 0 Å². The van der Waals surface area contributed by atoms with Crippen molar-refractivity contribution in [3.8, 4) is 11.8 Å². The number of aliphatic hydroxyl groups excluding tert-OH is 1. The van der Waals surface area contributed by atoms with Crippen molar-refractivity contribution in [2.75, 3.05) is 25.9 Å². The molecule has 1 rings (SSSR count). The highest BCUT2D eigenvalue weighted by atomic mass is 16.5. The van der Waals surface area contributed by atoms with Gasteiger partial charge in [-0.25, -0.2) is 0 Å². The Balaban J connectivity index is 2.38. The van der Waals surface area contributed by atoms with Crippen molar-refractivity contribution in [1.29, 1.82) is 5.26 Å². The van der Waals surface area contributed by atoms with E-state index in [0.717, 1.165) is 0 Å². The predicted molar refractivity (Wildman–Crippen MR) is 74.7 cm³/mol. The number of ether oxygens (including phenoxy) is 1. The lowest BCUT2D eigenvalue weighted by Crippen LogP contribution is -2.38. The number of nitrogens with two attached hydrogens (primary N) is 1. The second-order valence-corrected chi connectivity index (χ2v) is 4.65. The third kappa shape index (κ3) is 5.16. The summed E-state index contributed by atoms with van der Waals surface area (Å²) in [7, 11) is 1.88. The van der Waals surface area contributed by atoms with Crippen molar-refractivity contribution >= 4 is 5.69 Å². The van der Waals surface area contributed by atoms with Crippen molar-refractivity contribution in [1.82, 2.24) is 4.90 Å². The van der Waals surface area contributed by atoms with E-state index in [1.165, 1.54) is 0 Å².